The molecule has 1 aliphatic heterocycles. The number of hydrogen-bond donors (Lipinski definition) is 2. The van der Waals surface area contributed by atoms with Crippen molar-refractivity contribution in [1.82, 2.24) is 10.6 Å². The number of nitrogens with one attached hydrogen (secondary N) is 2. The van der Waals surface area contributed by atoms with Crippen LogP contribution in [0.2, 0.25) is 0 Å². The van der Waals surface area contributed by atoms with Gasteiger partial charge in [0.2, 0.25) is 5.91 Å². The molecule has 0 radical (unpaired) electrons. The quantitative estimate of drug-likeness (QED) is 0.631. The molecular weight excluding hydrogens is 344 g/mol. The van der Waals surface area contributed by atoms with Crippen LogP contribution in [0.5, 0.6) is 0 Å². The summed E-state index contributed by atoms with van der Waals surface area (Å²) in [6.45, 7) is 0.963. The number of piperidine rings is 1. The molecule has 1 atom stereocenters. The first-order chi connectivity index (χ1) is 13.8. The van der Waals surface area contributed by atoms with E-state index >= 15 is 0 Å². The van der Waals surface area contributed by atoms with Crippen LogP contribution in [-0.2, 0) is 17.6 Å². The van der Waals surface area contributed by atoms with Gasteiger partial charge in [-0.05, 0) is 69.0 Å². The van der Waals surface area contributed by atoms with Crippen LogP contribution < -0.4 is 10.6 Å². The summed E-state index contributed by atoms with van der Waals surface area (Å²) in [4.78, 5) is 12.7. The summed E-state index contributed by atoms with van der Waals surface area (Å²) >= 11 is 0. The predicted octanol–water partition coefficient (Wildman–Crippen LogP) is 4.66. The Morgan fingerprint density at radius 3 is 1.96 bits per heavy atom. The summed E-state index contributed by atoms with van der Waals surface area (Å²) in [5.41, 5.74) is 2.76. The van der Waals surface area contributed by atoms with Gasteiger partial charge in [-0.15, -0.1) is 0 Å². The number of hydrogen-bond acceptors (Lipinski definition) is 2. The molecule has 2 aromatic rings. The molecule has 2 N–H and O–H groups in total. The third-order valence-electron chi connectivity index (χ3n) is 5.69. The van der Waals surface area contributed by atoms with Crippen LogP contribution in [0.25, 0.3) is 0 Å². The maximum absolute atomic E-state index is 12.7. The average Bonchev–Trinajstić information content (AvgIpc) is 2.75. The van der Waals surface area contributed by atoms with Crippen molar-refractivity contribution in [2.75, 3.05) is 6.54 Å². The lowest BCUT2D eigenvalue weighted by Gasteiger charge is -2.26. The van der Waals surface area contributed by atoms with Gasteiger partial charge in [-0.25, -0.2) is 0 Å². The normalized spacial score (nSPS) is 16.8. The molecule has 0 aliphatic carbocycles. The molecule has 2 aromatic carbocycles. The van der Waals surface area contributed by atoms with Gasteiger partial charge in [-0.2, -0.15) is 0 Å². The first-order valence-electron chi connectivity index (χ1n) is 10.9. The Labute approximate surface area is 169 Å². The van der Waals surface area contributed by atoms with Crippen molar-refractivity contribution >= 4 is 5.91 Å². The smallest absolute Gasteiger partial charge is 0.237 e. The van der Waals surface area contributed by atoms with Gasteiger partial charge >= 0.3 is 0 Å². The third kappa shape index (κ3) is 7.12. The Morgan fingerprint density at radius 1 is 0.893 bits per heavy atom. The minimum atomic E-state index is -0.000466. The van der Waals surface area contributed by atoms with Crippen molar-refractivity contribution in [3.63, 3.8) is 0 Å². The molecule has 0 aromatic heterocycles. The lowest BCUT2D eigenvalue weighted by molar-refractivity contribution is -0.124. The van der Waals surface area contributed by atoms with E-state index in [4.69, 9.17) is 0 Å². The number of amides is 1. The first kappa shape index (κ1) is 20.6. The Bertz CT molecular complexity index is 635. The van der Waals surface area contributed by atoms with Crippen LogP contribution in [0.1, 0.15) is 56.1 Å². The molecule has 1 heterocycles. The molecule has 3 rings (SSSR count). The molecule has 150 valence electrons. The third-order valence-corrected chi connectivity index (χ3v) is 5.69. The average molecular weight is 379 g/mol. The molecule has 0 unspecified atom stereocenters. The van der Waals surface area contributed by atoms with Crippen LogP contribution >= 0.6 is 0 Å². The maximum Gasteiger partial charge on any atom is 0.237 e. The van der Waals surface area contributed by atoms with Crippen LogP contribution in [-0.4, -0.2) is 24.5 Å². The van der Waals surface area contributed by atoms with Gasteiger partial charge in [0.25, 0.3) is 0 Å². The molecule has 1 aliphatic rings. The summed E-state index contributed by atoms with van der Waals surface area (Å²) < 4.78 is 0. The van der Waals surface area contributed by atoms with Gasteiger partial charge in [-0.1, -0.05) is 67.1 Å². The predicted molar refractivity (Wildman–Crippen MR) is 116 cm³/mol. The van der Waals surface area contributed by atoms with Crippen molar-refractivity contribution in [3.05, 3.63) is 71.8 Å². The number of rotatable bonds is 10. The molecule has 1 saturated heterocycles. The largest absolute Gasteiger partial charge is 0.352 e. The summed E-state index contributed by atoms with van der Waals surface area (Å²) in [5, 5.41) is 6.73. The van der Waals surface area contributed by atoms with E-state index < -0.39 is 0 Å². The second-order valence-electron chi connectivity index (χ2n) is 7.96. The highest BCUT2D eigenvalue weighted by Gasteiger charge is 2.22. The van der Waals surface area contributed by atoms with E-state index in [2.05, 4.69) is 71.3 Å². The van der Waals surface area contributed by atoms with Crippen LogP contribution in [0.15, 0.2) is 60.7 Å². The summed E-state index contributed by atoms with van der Waals surface area (Å²) in [5.74, 6) is 0.198. The summed E-state index contributed by atoms with van der Waals surface area (Å²) in [6.07, 6.45) is 9.76. The first-order valence-corrected chi connectivity index (χ1v) is 10.9. The Balaban J connectivity index is 1.49. The minimum Gasteiger partial charge on any atom is -0.352 e. The van der Waals surface area contributed by atoms with E-state index in [9.17, 15) is 4.79 Å². The Kier molecular flexibility index (Phi) is 8.57. The second-order valence-corrected chi connectivity index (χ2v) is 7.96. The Hall–Kier alpha value is -2.13. The molecule has 0 spiro atoms. The van der Waals surface area contributed by atoms with Crippen LogP contribution in [0, 0.1) is 0 Å². The maximum atomic E-state index is 12.7. The van der Waals surface area contributed by atoms with E-state index in [-0.39, 0.29) is 18.0 Å². The van der Waals surface area contributed by atoms with E-state index in [0.717, 1.165) is 57.9 Å². The topological polar surface area (TPSA) is 41.1 Å². The van der Waals surface area contributed by atoms with Crippen molar-refractivity contribution in [2.24, 2.45) is 0 Å². The SMILES string of the molecule is O=C(NC(CCCc1ccccc1)CCCc1ccccc1)[C@@H]1CCCCN1. The number of aryl methyl sites for hydroxylation is 2. The van der Waals surface area contributed by atoms with Gasteiger partial charge in [-0.3, -0.25) is 4.79 Å². The highest BCUT2D eigenvalue weighted by atomic mass is 16.2. The molecule has 28 heavy (non-hydrogen) atoms. The molecule has 1 amide bonds. The molecule has 3 heteroatoms. The van der Waals surface area contributed by atoms with Crippen molar-refractivity contribution in [1.29, 1.82) is 0 Å². The van der Waals surface area contributed by atoms with E-state index in [0.29, 0.717) is 0 Å². The molecular formula is C25H34N2O. The molecule has 0 bridgehead atoms. The summed E-state index contributed by atoms with van der Waals surface area (Å²) in [7, 11) is 0. The van der Waals surface area contributed by atoms with Gasteiger partial charge in [0.1, 0.15) is 0 Å². The zero-order chi connectivity index (χ0) is 19.4. The Morgan fingerprint density at radius 2 is 1.46 bits per heavy atom. The minimum absolute atomic E-state index is 0.000466. The fraction of sp³-hybridized carbons (Fsp3) is 0.480. The van der Waals surface area contributed by atoms with Crippen LogP contribution in [0.3, 0.4) is 0 Å². The molecule has 1 fully saturated rings. The highest BCUT2D eigenvalue weighted by Crippen LogP contribution is 2.14. The summed E-state index contributed by atoms with van der Waals surface area (Å²) in [6, 6.07) is 21.6. The highest BCUT2D eigenvalue weighted by molar-refractivity contribution is 5.82. The van der Waals surface area contributed by atoms with Gasteiger partial charge in [0.15, 0.2) is 0 Å². The molecule has 0 saturated carbocycles. The zero-order valence-corrected chi connectivity index (χ0v) is 16.9. The van der Waals surface area contributed by atoms with Gasteiger partial charge in [0, 0.05) is 6.04 Å². The van der Waals surface area contributed by atoms with Crippen molar-refractivity contribution in [2.45, 2.75) is 69.9 Å². The van der Waals surface area contributed by atoms with Crippen molar-refractivity contribution < 1.29 is 4.79 Å². The standard InChI is InChI=1S/C25H34N2O/c28-25(24-19-7-8-20-26-24)27-23(17-9-15-21-11-3-1-4-12-21)18-10-16-22-13-5-2-6-14-22/h1-6,11-14,23-24,26H,7-10,15-20H2,(H,27,28)/t24-/m0/s1. The van der Waals surface area contributed by atoms with Gasteiger partial charge < -0.3 is 10.6 Å². The fourth-order valence-corrected chi connectivity index (χ4v) is 4.06. The lowest BCUT2D eigenvalue weighted by Crippen LogP contribution is -2.49. The monoisotopic (exact) mass is 378 g/mol. The van der Waals surface area contributed by atoms with Gasteiger partial charge in [0.05, 0.1) is 6.04 Å². The second kappa shape index (κ2) is 11.7. The fourth-order valence-electron chi connectivity index (χ4n) is 4.06. The lowest BCUT2D eigenvalue weighted by atomic mass is 9.98. The van der Waals surface area contributed by atoms with E-state index in [1.54, 1.807) is 0 Å². The number of carbonyl (C=O) groups excluding carboxylic acids is 1. The number of carbonyl (C=O) groups is 1. The van der Waals surface area contributed by atoms with E-state index in [1.165, 1.54) is 17.5 Å². The van der Waals surface area contributed by atoms with E-state index in [1.807, 2.05) is 0 Å². The van der Waals surface area contributed by atoms with Crippen molar-refractivity contribution in [3.8, 4) is 0 Å². The number of benzene rings is 2. The zero-order valence-electron chi connectivity index (χ0n) is 16.9. The van der Waals surface area contributed by atoms with Crippen LogP contribution in [0.4, 0.5) is 0 Å². The molecule has 3 nitrogen and oxygen atoms in total.